The fourth-order valence-corrected chi connectivity index (χ4v) is 1.96. The lowest BCUT2D eigenvalue weighted by Crippen LogP contribution is -2.24. The Labute approximate surface area is 121 Å². The number of nitrogens with zero attached hydrogens (tertiary/aromatic N) is 3. The number of nitrogens with one attached hydrogen (secondary N) is 1. The zero-order chi connectivity index (χ0) is 14.7. The van der Waals surface area contributed by atoms with Gasteiger partial charge in [-0.3, -0.25) is 4.79 Å². The zero-order valence-corrected chi connectivity index (χ0v) is 12.5. The van der Waals surface area contributed by atoms with Gasteiger partial charge in [0.1, 0.15) is 10.8 Å². The van der Waals surface area contributed by atoms with Gasteiger partial charge < -0.3 is 9.73 Å². The number of oxazole rings is 1. The molecule has 0 aliphatic rings. The maximum absolute atomic E-state index is 11.9. The molecular weight excluding hydrogens is 280 g/mol. The SMILES string of the molecule is CCCn1ncc(NCc2nc(C)c(C)o2)c(Cl)c1=O. The fraction of sp³-hybridized carbons (Fsp3) is 0.462. The van der Waals surface area contributed by atoms with Gasteiger partial charge in [-0.15, -0.1) is 0 Å². The van der Waals surface area contributed by atoms with Crippen LogP contribution in [0.4, 0.5) is 5.69 Å². The minimum atomic E-state index is -0.293. The first kappa shape index (κ1) is 14.6. The van der Waals surface area contributed by atoms with Gasteiger partial charge in [0.15, 0.2) is 0 Å². The third kappa shape index (κ3) is 3.01. The Morgan fingerprint density at radius 2 is 2.20 bits per heavy atom. The predicted molar refractivity (Wildman–Crippen MR) is 77.1 cm³/mol. The molecule has 20 heavy (non-hydrogen) atoms. The molecule has 7 heteroatoms. The number of anilines is 1. The smallest absolute Gasteiger partial charge is 0.287 e. The molecule has 0 atom stereocenters. The average Bonchev–Trinajstić information content (AvgIpc) is 2.74. The topological polar surface area (TPSA) is 73.0 Å². The van der Waals surface area contributed by atoms with Gasteiger partial charge in [-0.25, -0.2) is 9.67 Å². The second-order valence-corrected chi connectivity index (χ2v) is 4.88. The minimum Gasteiger partial charge on any atom is -0.444 e. The van der Waals surface area contributed by atoms with E-state index in [4.69, 9.17) is 16.0 Å². The van der Waals surface area contributed by atoms with Crippen molar-refractivity contribution in [3.63, 3.8) is 0 Å². The van der Waals surface area contributed by atoms with Gasteiger partial charge in [0.25, 0.3) is 5.56 Å². The summed E-state index contributed by atoms with van der Waals surface area (Å²) in [6.45, 7) is 6.61. The molecule has 0 unspecified atom stereocenters. The summed E-state index contributed by atoms with van der Waals surface area (Å²) in [4.78, 5) is 16.2. The normalized spacial score (nSPS) is 10.8. The van der Waals surface area contributed by atoms with Crippen molar-refractivity contribution in [3.05, 3.63) is 38.9 Å². The summed E-state index contributed by atoms with van der Waals surface area (Å²) in [5, 5.41) is 7.22. The summed E-state index contributed by atoms with van der Waals surface area (Å²) in [5.41, 5.74) is 1.04. The Morgan fingerprint density at radius 3 is 2.80 bits per heavy atom. The van der Waals surface area contributed by atoms with E-state index < -0.39 is 0 Å². The van der Waals surface area contributed by atoms with Gasteiger partial charge >= 0.3 is 0 Å². The van der Waals surface area contributed by atoms with Gasteiger partial charge in [-0.05, 0) is 20.3 Å². The third-order valence-corrected chi connectivity index (χ3v) is 3.29. The van der Waals surface area contributed by atoms with E-state index in [-0.39, 0.29) is 10.6 Å². The molecule has 0 saturated heterocycles. The van der Waals surface area contributed by atoms with Gasteiger partial charge in [-0.2, -0.15) is 5.10 Å². The van der Waals surface area contributed by atoms with Crippen LogP contribution in [0.2, 0.25) is 5.02 Å². The first-order chi connectivity index (χ1) is 9.52. The Hall–Kier alpha value is -1.82. The maximum atomic E-state index is 11.9. The lowest BCUT2D eigenvalue weighted by atomic mass is 10.4. The van der Waals surface area contributed by atoms with Crippen molar-refractivity contribution in [2.24, 2.45) is 0 Å². The molecule has 0 radical (unpaired) electrons. The molecule has 2 aromatic rings. The monoisotopic (exact) mass is 296 g/mol. The van der Waals surface area contributed by atoms with Gasteiger partial charge in [0, 0.05) is 6.54 Å². The highest BCUT2D eigenvalue weighted by molar-refractivity contribution is 6.32. The van der Waals surface area contributed by atoms with Crippen LogP contribution in [0.3, 0.4) is 0 Å². The van der Waals surface area contributed by atoms with Crippen LogP contribution in [0, 0.1) is 13.8 Å². The van der Waals surface area contributed by atoms with E-state index in [2.05, 4.69) is 15.4 Å². The second kappa shape index (κ2) is 6.09. The second-order valence-electron chi connectivity index (χ2n) is 4.50. The summed E-state index contributed by atoms with van der Waals surface area (Å²) in [6.07, 6.45) is 2.37. The van der Waals surface area contributed by atoms with Crippen LogP contribution in [0.25, 0.3) is 0 Å². The minimum absolute atomic E-state index is 0.133. The molecule has 0 bridgehead atoms. The summed E-state index contributed by atoms with van der Waals surface area (Å²) in [5.74, 6) is 1.33. The molecule has 108 valence electrons. The van der Waals surface area contributed by atoms with Crippen molar-refractivity contribution >= 4 is 17.3 Å². The van der Waals surface area contributed by atoms with Crippen molar-refractivity contribution in [2.75, 3.05) is 5.32 Å². The number of halogens is 1. The van der Waals surface area contributed by atoms with Crippen LogP contribution in [-0.2, 0) is 13.1 Å². The van der Waals surface area contributed by atoms with E-state index in [1.54, 1.807) is 6.20 Å². The molecular formula is C13H17ClN4O2. The lowest BCUT2D eigenvalue weighted by Gasteiger charge is -2.08. The van der Waals surface area contributed by atoms with Crippen molar-refractivity contribution in [3.8, 4) is 0 Å². The number of hydrogen-bond donors (Lipinski definition) is 1. The fourth-order valence-electron chi connectivity index (χ4n) is 1.74. The summed E-state index contributed by atoms with van der Waals surface area (Å²) in [6, 6.07) is 0. The Morgan fingerprint density at radius 1 is 1.45 bits per heavy atom. The van der Waals surface area contributed by atoms with Crippen molar-refractivity contribution in [1.82, 2.24) is 14.8 Å². The summed E-state index contributed by atoms with van der Waals surface area (Å²) in [7, 11) is 0. The molecule has 0 aromatic carbocycles. The van der Waals surface area contributed by atoms with Gasteiger partial charge in [0.05, 0.1) is 24.1 Å². The first-order valence-corrected chi connectivity index (χ1v) is 6.83. The lowest BCUT2D eigenvalue weighted by molar-refractivity contribution is 0.478. The quantitative estimate of drug-likeness (QED) is 0.918. The van der Waals surface area contributed by atoms with E-state index >= 15 is 0 Å². The maximum Gasteiger partial charge on any atom is 0.287 e. The van der Waals surface area contributed by atoms with E-state index in [0.717, 1.165) is 17.9 Å². The zero-order valence-electron chi connectivity index (χ0n) is 11.7. The molecule has 6 nitrogen and oxygen atoms in total. The van der Waals surface area contributed by atoms with Crippen LogP contribution >= 0.6 is 11.6 Å². The highest BCUT2D eigenvalue weighted by Crippen LogP contribution is 2.17. The molecule has 0 saturated carbocycles. The summed E-state index contributed by atoms with van der Waals surface area (Å²) >= 11 is 6.05. The number of aromatic nitrogens is 3. The molecule has 0 aliphatic carbocycles. The van der Waals surface area contributed by atoms with E-state index in [1.165, 1.54) is 4.68 Å². The molecule has 1 N–H and O–H groups in total. The van der Waals surface area contributed by atoms with Crippen LogP contribution in [0.1, 0.15) is 30.7 Å². The largest absolute Gasteiger partial charge is 0.444 e. The van der Waals surface area contributed by atoms with Crippen molar-refractivity contribution in [1.29, 1.82) is 0 Å². The predicted octanol–water partition coefficient (Wildman–Crippen LogP) is 2.52. The average molecular weight is 297 g/mol. The van der Waals surface area contributed by atoms with Crippen LogP contribution in [-0.4, -0.2) is 14.8 Å². The first-order valence-electron chi connectivity index (χ1n) is 6.45. The third-order valence-electron chi connectivity index (χ3n) is 2.92. The van der Waals surface area contributed by atoms with Crippen molar-refractivity contribution < 1.29 is 4.42 Å². The number of aryl methyl sites for hydroxylation is 3. The molecule has 0 amide bonds. The van der Waals surface area contributed by atoms with E-state index in [1.807, 2.05) is 20.8 Å². The standard InChI is InChI=1S/C13H17ClN4O2/c1-4-5-18-13(19)12(14)10(6-16-18)15-7-11-17-8(2)9(3)20-11/h6,15H,4-5,7H2,1-3H3. The highest BCUT2D eigenvalue weighted by atomic mass is 35.5. The van der Waals surface area contributed by atoms with Crippen LogP contribution in [0.15, 0.2) is 15.4 Å². The molecule has 2 heterocycles. The molecule has 2 rings (SSSR count). The van der Waals surface area contributed by atoms with Gasteiger partial charge in [0.2, 0.25) is 5.89 Å². The van der Waals surface area contributed by atoms with E-state index in [0.29, 0.717) is 24.7 Å². The molecule has 0 spiro atoms. The van der Waals surface area contributed by atoms with E-state index in [9.17, 15) is 4.79 Å². The van der Waals surface area contributed by atoms with Crippen molar-refractivity contribution in [2.45, 2.75) is 40.3 Å². The van der Waals surface area contributed by atoms with Gasteiger partial charge in [-0.1, -0.05) is 18.5 Å². The molecule has 2 aromatic heterocycles. The van der Waals surface area contributed by atoms with Crippen LogP contribution in [0.5, 0.6) is 0 Å². The molecule has 0 aliphatic heterocycles. The Balaban J connectivity index is 2.14. The molecule has 0 fully saturated rings. The summed E-state index contributed by atoms with van der Waals surface area (Å²) < 4.78 is 6.80. The number of hydrogen-bond acceptors (Lipinski definition) is 5. The van der Waals surface area contributed by atoms with Crippen LogP contribution < -0.4 is 10.9 Å². The Bertz CT molecular complexity index is 643. The Kier molecular flexibility index (Phi) is 4.44. The number of rotatable bonds is 5. The highest BCUT2D eigenvalue weighted by Gasteiger charge is 2.10.